The van der Waals surface area contributed by atoms with Gasteiger partial charge in [0.05, 0.1) is 5.69 Å². The van der Waals surface area contributed by atoms with Crippen LogP contribution in [0.3, 0.4) is 0 Å². The number of rotatable bonds is 3. The minimum absolute atomic E-state index is 0.208. The molecule has 3 nitrogen and oxygen atoms in total. The van der Waals surface area contributed by atoms with Crippen molar-refractivity contribution in [3.05, 3.63) is 42.3 Å². The molecule has 1 aromatic heterocycles. The number of hydrogen-bond acceptors (Lipinski definition) is 2. The fraction of sp³-hybridized carbons (Fsp3) is 0.308. The second kappa shape index (κ2) is 4.30. The Balaban J connectivity index is 1.89. The van der Waals surface area contributed by atoms with E-state index in [1.54, 1.807) is 18.3 Å². The first-order valence-corrected chi connectivity index (χ1v) is 5.81. The summed E-state index contributed by atoms with van der Waals surface area (Å²) in [6.45, 7) is 2.98. The zero-order valence-electron chi connectivity index (χ0n) is 9.44. The molecule has 3 rings (SSSR count). The summed E-state index contributed by atoms with van der Waals surface area (Å²) in [4.78, 5) is 0. The van der Waals surface area contributed by atoms with Crippen LogP contribution < -0.4 is 5.32 Å². The largest absolute Gasteiger partial charge is 0.316 e. The van der Waals surface area contributed by atoms with Crippen LogP contribution >= 0.6 is 0 Å². The van der Waals surface area contributed by atoms with Crippen molar-refractivity contribution in [2.45, 2.75) is 6.54 Å². The van der Waals surface area contributed by atoms with E-state index in [0.29, 0.717) is 5.92 Å². The molecule has 17 heavy (non-hydrogen) atoms. The number of aromatic nitrogens is 2. The quantitative estimate of drug-likeness (QED) is 0.874. The van der Waals surface area contributed by atoms with Gasteiger partial charge in [-0.05, 0) is 18.2 Å². The Bertz CT molecular complexity index is 517. The summed E-state index contributed by atoms with van der Waals surface area (Å²) in [6.07, 6.45) is 1.77. The van der Waals surface area contributed by atoms with Crippen LogP contribution in [0, 0.1) is 11.7 Å². The molecular weight excluding hydrogens is 217 g/mol. The predicted octanol–water partition coefficient (Wildman–Crippen LogP) is 1.91. The lowest BCUT2D eigenvalue weighted by atomic mass is 10.0. The molecule has 0 aliphatic carbocycles. The zero-order valence-corrected chi connectivity index (χ0v) is 9.44. The van der Waals surface area contributed by atoms with Crippen molar-refractivity contribution in [1.82, 2.24) is 15.1 Å². The molecule has 0 bridgehead atoms. The molecule has 0 atom stereocenters. The minimum atomic E-state index is -0.208. The van der Waals surface area contributed by atoms with Crippen molar-refractivity contribution in [2.75, 3.05) is 13.1 Å². The Morgan fingerprint density at radius 3 is 2.94 bits per heavy atom. The van der Waals surface area contributed by atoms with Gasteiger partial charge < -0.3 is 5.32 Å². The molecule has 1 aliphatic rings. The maximum absolute atomic E-state index is 13.2. The average Bonchev–Trinajstić information content (AvgIpc) is 2.71. The molecule has 88 valence electrons. The molecule has 2 heterocycles. The third-order valence-corrected chi connectivity index (χ3v) is 3.13. The number of nitrogens with zero attached hydrogens (tertiary/aromatic N) is 2. The summed E-state index contributed by atoms with van der Waals surface area (Å²) in [5.74, 6) is 0.433. The van der Waals surface area contributed by atoms with Gasteiger partial charge in [0.15, 0.2) is 0 Å². The molecule has 1 saturated heterocycles. The Hall–Kier alpha value is -1.68. The molecule has 1 aromatic carbocycles. The van der Waals surface area contributed by atoms with Crippen LogP contribution in [0.5, 0.6) is 0 Å². The second-order valence-corrected chi connectivity index (χ2v) is 4.43. The van der Waals surface area contributed by atoms with Crippen molar-refractivity contribution in [3.8, 4) is 11.3 Å². The smallest absolute Gasteiger partial charge is 0.123 e. The highest BCUT2D eigenvalue weighted by Gasteiger charge is 2.18. The maximum atomic E-state index is 13.2. The fourth-order valence-corrected chi connectivity index (χ4v) is 2.09. The number of halogens is 1. The van der Waals surface area contributed by atoms with E-state index in [1.165, 1.54) is 6.07 Å². The summed E-state index contributed by atoms with van der Waals surface area (Å²) in [6, 6.07) is 8.58. The fourth-order valence-electron chi connectivity index (χ4n) is 2.09. The predicted molar refractivity (Wildman–Crippen MR) is 64.0 cm³/mol. The van der Waals surface area contributed by atoms with Crippen LogP contribution in [0.2, 0.25) is 0 Å². The van der Waals surface area contributed by atoms with Gasteiger partial charge in [-0.2, -0.15) is 5.10 Å². The van der Waals surface area contributed by atoms with Gasteiger partial charge in [-0.25, -0.2) is 4.39 Å². The SMILES string of the molecule is Fc1cccc(-c2ccnn2CC2CNC2)c1. The van der Waals surface area contributed by atoms with Crippen LogP contribution in [-0.4, -0.2) is 22.9 Å². The van der Waals surface area contributed by atoms with E-state index >= 15 is 0 Å². The van der Waals surface area contributed by atoms with Gasteiger partial charge in [0.25, 0.3) is 0 Å². The lowest BCUT2D eigenvalue weighted by molar-refractivity contribution is 0.297. The second-order valence-electron chi connectivity index (χ2n) is 4.43. The number of nitrogens with one attached hydrogen (secondary N) is 1. The number of hydrogen-bond donors (Lipinski definition) is 1. The molecule has 2 aromatic rings. The van der Waals surface area contributed by atoms with E-state index in [-0.39, 0.29) is 5.82 Å². The summed E-state index contributed by atoms with van der Waals surface area (Å²) < 4.78 is 15.1. The van der Waals surface area contributed by atoms with Gasteiger partial charge in [0, 0.05) is 37.3 Å². The van der Waals surface area contributed by atoms with E-state index in [2.05, 4.69) is 10.4 Å². The third-order valence-electron chi connectivity index (χ3n) is 3.13. The molecule has 1 fully saturated rings. The van der Waals surface area contributed by atoms with Gasteiger partial charge >= 0.3 is 0 Å². The molecule has 0 saturated carbocycles. The van der Waals surface area contributed by atoms with Crippen molar-refractivity contribution in [2.24, 2.45) is 5.92 Å². The Morgan fingerprint density at radius 1 is 1.35 bits per heavy atom. The highest BCUT2D eigenvalue weighted by atomic mass is 19.1. The monoisotopic (exact) mass is 231 g/mol. The first-order chi connectivity index (χ1) is 8.33. The summed E-state index contributed by atoms with van der Waals surface area (Å²) in [7, 11) is 0. The maximum Gasteiger partial charge on any atom is 0.123 e. The van der Waals surface area contributed by atoms with E-state index in [0.717, 1.165) is 30.9 Å². The van der Waals surface area contributed by atoms with Gasteiger partial charge in [-0.15, -0.1) is 0 Å². The molecule has 1 aliphatic heterocycles. The van der Waals surface area contributed by atoms with Crippen molar-refractivity contribution >= 4 is 0 Å². The number of benzene rings is 1. The molecule has 0 unspecified atom stereocenters. The highest BCUT2D eigenvalue weighted by Crippen LogP contribution is 2.21. The van der Waals surface area contributed by atoms with Crippen molar-refractivity contribution < 1.29 is 4.39 Å². The Labute approximate surface area is 99.3 Å². The third kappa shape index (κ3) is 2.08. The average molecular weight is 231 g/mol. The Kier molecular flexibility index (Phi) is 2.65. The molecule has 0 amide bonds. The first-order valence-electron chi connectivity index (χ1n) is 5.81. The lowest BCUT2D eigenvalue weighted by Crippen LogP contribution is -2.44. The zero-order chi connectivity index (χ0) is 11.7. The van der Waals surface area contributed by atoms with E-state index in [1.807, 2.05) is 16.8 Å². The summed E-state index contributed by atoms with van der Waals surface area (Å²) in [5, 5.41) is 7.55. The Morgan fingerprint density at radius 2 is 2.24 bits per heavy atom. The highest BCUT2D eigenvalue weighted by molar-refractivity contribution is 5.59. The van der Waals surface area contributed by atoms with E-state index < -0.39 is 0 Å². The molecule has 0 radical (unpaired) electrons. The van der Waals surface area contributed by atoms with E-state index in [9.17, 15) is 4.39 Å². The van der Waals surface area contributed by atoms with E-state index in [4.69, 9.17) is 0 Å². The van der Waals surface area contributed by atoms with Gasteiger partial charge in [-0.1, -0.05) is 12.1 Å². The topological polar surface area (TPSA) is 29.9 Å². The normalized spacial score (nSPS) is 15.8. The molecule has 0 spiro atoms. The first kappa shape index (κ1) is 10.5. The van der Waals surface area contributed by atoms with Gasteiger partial charge in [0.2, 0.25) is 0 Å². The van der Waals surface area contributed by atoms with Gasteiger partial charge in [0.1, 0.15) is 5.82 Å². The minimum Gasteiger partial charge on any atom is -0.316 e. The molecular formula is C13H14FN3. The van der Waals surface area contributed by atoms with Crippen LogP contribution in [0.15, 0.2) is 36.5 Å². The standard InChI is InChI=1S/C13H14FN3/c14-12-3-1-2-11(6-12)13-4-5-16-17(13)9-10-7-15-8-10/h1-6,10,15H,7-9H2. The van der Waals surface area contributed by atoms with Crippen molar-refractivity contribution in [1.29, 1.82) is 0 Å². The lowest BCUT2D eigenvalue weighted by Gasteiger charge is -2.27. The summed E-state index contributed by atoms with van der Waals surface area (Å²) >= 11 is 0. The molecule has 4 heteroatoms. The van der Waals surface area contributed by atoms with Crippen LogP contribution in [-0.2, 0) is 6.54 Å². The van der Waals surface area contributed by atoms with Crippen LogP contribution in [0.1, 0.15) is 0 Å². The molecule has 1 N–H and O–H groups in total. The summed E-state index contributed by atoms with van der Waals surface area (Å²) in [5.41, 5.74) is 1.87. The van der Waals surface area contributed by atoms with Crippen LogP contribution in [0.4, 0.5) is 4.39 Å². The van der Waals surface area contributed by atoms with Crippen molar-refractivity contribution in [3.63, 3.8) is 0 Å². The van der Waals surface area contributed by atoms with Gasteiger partial charge in [-0.3, -0.25) is 4.68 Å². The van der Waals surface area contributed by atoms with Crippen LogP contribution in [0.25, 0.3) is 11.3 Å².